The summed E-state index contributed by atoms with van der Waals surface area (Å²) >= 11 is 2.73. The Morgan fingerprint density at radius 3 is 2.67 bits per heavy atom. The predicted octanol–water partition coefficient (Wildman–Crippen LogP) is 5.91. The Bertz CT molecular complexity index is 1360. The van der Waals surface area contributed by atoms with E-state index < -0.39 is 0 Å². The summed E-state index contributed by atoms with van der Waals surface area (Å²) in [6.07, 6.45) is 3.86. The molecule has 33 heavy (non-hydrogen) atoms. The third kappa shape index (κ3) is 4.00. The van der Waals surface area contributed by atoms with E-state index in [1.807, 2.05) is 42.5 Å². The number of nitrogens with two attached hydrogens (primary N) is 1. The van der Waals surface area contributed by atoms with Gasteiger partial charge in [0.05, 0.1) is 23.6 Å². The lowest BCUT2D eigenvalue weighted by Crippen LogP contribution is -2.15. The Labute approximate surface area is 199 Å². The molecule has 0 atom stereocenters. The molecule has 168 valence electrons. The van der Waals surface area contributed by atoms with Crippen LogP contribution in [-0.2, 0) is 17.6 Å². The van der Waals surface area contributed by atoms with Crippen LogP contribution in [0.5, 0.6) is 0 Å². The summed E-state index contributed by atoms with van der Waals surface area (Å²) in [6.45, 7) is 2.07. The van der Waals surface area contributed by atoms with Gasteiger partial charge in [-0.1, -0.05) is 30.3 Å². The van der Waals surface area contributed by atoms with Crippen LogP contribution in [0.3, 0.4) is 0 Å². The van der Waals surface area contributed by atoms with Gasteiger partial charge < -0.3 is 15.8 Å². The van der Waals surface area contributed by atoms with E-state index in [9.17, 15) is 9.59 Å². The first-order valence-corrected chi connectivity index (χ1v) is 12.6. The fraction of sp³-hybridized carbons (Fsp3) is 0.240. The monoisotopic (exact) mass is 477 g/mol. The summed E-state index contributed by atoms with van der Waals surface area (Å²) in [7, 11) is 0. The van der Waals surface area contributed by atoms with E-state index in [0.29, 0.717) is 26.0 Å². The SMILES string of the molecule is CCOC(=O)c1c(NC(=O)c2sc3nc(-c4ccccc4)ccc3c2N)sc2c1CCCC2. The Morgan fingerprint density at radius 2 is 1.88 bits per heavy atom. The second kappa shape index (κ2) is 8.96. The molecule has 0 bridgehead atoms. The number of aryl methyl sites for hydroxylation is 1. The van der Waals surface area contributed by atoms with Crippen LogP contribution in [0.25, 0.3) is 21.5 Å². The molecular formula is C25H23N3O3S2. The number of carbonyl (C=O) groups excluding carboxylic acids is 2. The standard InChI is InChI=1S/C25H23N3O3S2/c1-2-31-25(30)19-15-10-6-7-11-18(15)32-24(19)28-22(29)21-20(26)16-12-13-17(27-23(16)33-21)14-8-4-3-5-9-14/h3-5,8-9,12-13H,2,6-7,10-11,26H2,1H3,(H,28,29). The van der Waals surface area contributed by atoms with Gasteiger partial charge in [0.1, 0.15) is 14.7 Å². The molecule has 1 amide bonds. The first kappa shape index (κ1) is 21.6. The molecular weight excluding hydrogens is 454 g/mol. The lowest BCUT2D eigenvalue weighted by Gasteiger charge is -2.12. The summed E-state index contributed by atoms with van der Waals surface area (Å²) < 4.78 is 5.29. The van der Waals surface area contributed by atoms with Crippen molar-refractivity contribution in [2.45, 2.75) is 32.6 Å². The summed E-state index contributed by atoms with van der Waals surface area (Å²) in [4.78, 5) is 32.9. The number of rotatable bonds is 5. The number of hydrogen-bond acceptors (Lipinski definition) is 7. The van der Waals surface area contributed by atoms with Crippen molar-refractivity contribution >= 4 is 55.5 Å². The number of thiophene rings is 2. The largest absolute Gasteiger partial charge is 0.462 e. The smallest absolute Gasteiger partial charge is 0.341 e. The number of pyridine rings is 1. The highest BCUT2D eigenvalue weighted by Crippen LogP contribution is 2.40. The zero-order valence-corrected chi connectivity index (χ0v) is 19.8. The summed E-state index contributed by atoms with van der Waals surface area (Å²) in [5.74, 6) is -0.716. The molecule has 0 spiro atoms. The lowest BCUT2D eigenvalue weighted by atomic mass is 9.95. The number of amides is 1. The molecule has 0 fully saturated rings. The number of nitrogen functional groups attached to an aromatic ring is 1. The van der Waals surface area contributed by atoms with Gasteiger partial charge in [-0.05, 0) is 50.3 Å². The fourth-order valence-corrected chi connectivity index (χ4v) is 6.43. The molecule has 8 heteroatoms. The molecule has 3 heterocycles. The zero-order chi connectivity index (χ0) is 22.9. The fourth-order valence-electron chi connectivity index (χ4n) is 4.17. The number of aromatic nitrogens is 1. The molecule has 0 aliphatic heterocycles. The van der Waals surface area contributed by atoms with Crippen molar-refractivity contribution in [3.8, 4) is 11.3 Å². The van der Waals surface area contributed by atoms with Crippen molar-refractivity contribution < 1.29 is 14.3 Å². The summed E-state index contributed by atoms with van der Waals surface area (Å²) in [5, 5.41) is 4.25. The highest BCUT2D eigenvalue weighted by atomic mass is 32.1. The topological polar surface area (TPSA) is 94.3 Å². The van der Waals surface area contributed by atoms with Gasteiger partial charge in [-0.25, -0.2) is 9.78 Å². The van der Waals surface area contributed by atoms with Gasteiger partial charge in [0, 0.05) is 15.8 Å². The molecule has 3 aromatic heterocycles. The number of fused-ring (bicyclic) bond motifs is 2. The molecule has 0 saturated heterocycles. The van der Waals surface area contributed by atoms with Crippen LogP contribution >= 0.6 is 22.7 Å². The minimum absolute atomic E-state index is 0.287. The molecule has 6 nitrogen and oxygen atoms in total. The third-order valence-electron chi connectivity index (χ3n) is 5.75. The Hall–Kier alpha value is -3.23. The van der Waals surface area contributed by atoms with Crippen LogP contribution in [0.15, 0.2) is 42.5 Å². The van der Waals surface area contributed by atoms with Crippen molar-refractivity contribution in [3.63, 3.8) is 0 Å². The maximum absolute atomic E-state index is 13.3. The molecule has 3 N–H and O–H groups in total. The normalized spacial score (nSPS) is 13.0. The molecule has 1 aliphatic rings. The van der Waals surface area contributed by atoms with Crippen LogP contribution < -0.4 is 11.1 Å². The van der Waals surface area contributed by atoms with Gasteiger partial charge in [-0.2, -0.15) is 0 Å². The highest BCUT2D eigenvalue weighted by molar-refractivity contribution is 7.21. The molecule has 1 aliphatic carbocycles. The number of esters is 1. The number of hydrogen-bond donors (Lipinski definition) is 2. The van der Waals surface area contributed by atoms with E-state index in [2.05, 4.69) is 5.32 Å². The van der Waals surface area contributed by atoms with Crippen LogP contribution in [-0.4, -0.2) is 23.5 Å². The van der Waals surface area contributed by atoms with Gasteiger partial charge in [0.2, 0.25) is 0 Å². The number of carbonyl (C=O) groups is 2. The number of nitrogens with one attached hydrogen (secondary N) is 1. The number of anilines is 2. The minimum Gasteiger partial charge on any atom is -0.462 e. The second-order valence-electron chi connectivity index (χ2n) is 7.85. The van der Waals surface area contributed by atoms with E-state index >= 15 is 0 Å². The van der Waals surface area contributed by atoms with Crippen molar-refractivity contribution in [2.75, 3.05) is 17.7 Å². The Morgan fingerprint density at radius 1 is 1.09 bits per heavy atom. The quantitative estimate of drug-likeness (QED) is 0.348. The van der Waals surface area contributed by atoms with E-state index in [0.717, 1.165) is 52.8 Å². The molecule has 0 radical (unpaired) electrons. The minimum atomic E-state index is -0.384. The van der Waals surface area contributed by atoms with Crippen LogP contribution in [0.1, 0.15) is 50.2 Å². The Balaban J connectivity index is 1.49. The van der Waals surface area contributed by atoms with Gasteiger partial charge >= 0.3 is 5.97 Å². The zero-order valence-electron chi connectivity index (χ0n) is 18.1. The van der Waals surface area contributed by atoms with Crippen molar-refractivity contribution in [1.29, 1.82) is 0 Å². The van der Waals surface area contributed by atoms with E-state index in [4.69, 9.17) is 15.5 Å². The molecule has 5 rings (SSSR count). The van der Waals surface area contributed by atoms with Crippen molar-refractivity contribution in [2.24, 2.45) is 0 Å². The third-order valence-corrected chi connectivity index (χ3v) is 8.07. The highest BCUT2D eigenvalue weighted by Gasteiger charge is 2.28. The second-order valence-corrected chi connectivity index (χ2v) is 9.95. The number of ether oxygens (including phenoxy) is 1. The molecule has 4 aromatic rings. The molecule has 1 aromatic carbocycles. The van der Waals surface area contributed by atoms with E-state index in [1.54, 1.807) is 6.92 Å². The van der Waals surface area contributed by atoms with Crippen LogP contribution in [0.2, 0.25) is 0 Å². The van der Waals surface area contributed by atoms with Crippen LogP contribution in [0, 0.1) is 0 Å². The predicted molar refractivity (Wildman–Crippen MR) is 134 cm³/mol. The van der Waals surface area contributed by atoms with Crippen LogP contribution in [0.4, 0.5) is 10.7 Å². The molecule has 0 saturated carbocycles. The number of benzene rings is 1. The summed E-state index contributed by atoms with van der Waals surface area (Å²) in [6, 6.07) is 13.7. The van der Waals surface area contributed by atoms with E-state index in [1.165, 1.54) is 22.7 Å². The average Bonchev–Trinajstić information content (AvgIpc) is 3.36. The maximum atomic E-state index is 13.3. The van der Waals surface area contributed by atoms with Crippen molar-refractivity contribution in [3.05, 3.63) is 63.3 Å². The number of nitrogens with zero attached hydrogens (tertiary/aromatic N) is 1. The first-order chi connectivity index (χ1) is 16.1. The maximum Gasteiger partial charge on any atom is 0.341 e. The van der Waals surface area contributed by atoms with Gasteiger partial charge in [-0.3, -0.25) is 4.79 Å². The first-order valence-electron chi connectivity index (χ1n) is 10.9. The van der Waals surface area contributed by atoms with Gasteiger partial charge in [0.25, 0.3) is 5.91 Å². The van der Waals surface area contributed by atoms with E-state index in [-0.39, 0.29) is 18.5 Å². The van der Waals surface area contributed by atoms with Gasteiger partial charge in [-0.15, -0.1) is 22.7 Å². The van der Waals surface area contributed by atoms with Crippen molar-refractivity contribution in [1.82, 2.24) is 4.98 Å². The van der Waals surface area contributed by atoms with Gasteiger partial charge in [0.15, 0.2) is 0 Å². The summed E-state index contributed by atoms with van der Waals surface area (Å²) in [5.41, 5.74) is 10.1. The molecule has 0 unspecified atom stereocenters. The Kier molecular flexibility index (Phi) is 5.86. The lowest BCUT2D eigenvalue weighted by molar-refractivity contribution is 0.0526. The average molecular weight is 478 g/mol.